The number of hydrogen-bond donors (Lipinski definition) is 2. The molecule has 1 aromatic carbocycles. The molecule has 26 heavy (non-hydrogen) atoms. The van der Waals surface area contributed by atoms with Crippen LogP contribution in [0.1, 0.15) is 49.8 Å². The van der Waals surface area contributed by atoms with Crippen molar-refractivity contribution in [2.45, 2.75) is 51.2 Å². The third-order valence-electron chi connectivity index (χ3n) is 5.66. The third kappa shape index (κ3) is 3.85. The molecule has 2 saturated heterocycles. The van der Waals surface area contributed by atoms with Crippen LogP contribution in [0.15, 0.2) is 24.3 Å². The number of amides is 2. The molecule has 0 saturated carbocycles. The Morgan fingerprint density at radius 1 is 1.08 bits per heavy atom. The molecular formula is C20H28N2O4. The van der Waals surface area contributed by atoms with E-state index in [2.05, 4.69) is 6.92 Å². The van der Waals surface area contributed by atoms with E-state index in [0.717, 1.165) is 12.0 Å². The molecule has 1 aromatic rings. The van der Waals surface area contributed by atoms with Crippen LogP contribution in [0.5, 0.6) is 0 Å². The van der Waals surface area contributed by atoms with E-state index >= 15 is 0 Å². The van der Waals surface area contributed by atoms with Crippen molar-refractivity contribution in [3.8, 4) is 0 Å². The van der Waals surface area contributed by atoms with Gasteiger partial charge in [0.05, 0.1) is 18.1 Å². The summed E-state index contributed by atoms with van der Waals surface area (Å²) >= 11 is 0. The lowest BCUT2D eigenvalue weighted by atomic mass is 9.84. The Hall–Kier alpha value is -2.08. The maximum absolute atomic E-state index is 13.1. The molecule has 2 aliphatic rings. The molecule has 3 rings (SSSR count). The van der Waals surface area contributed by atoms with Crippen LogP contribution < -0.4 is 0 Å². The van der Waals surface area contributed by atoms with Gasteiger partial charge in [-0.3, -0.25) is 4.79 Å². The maximum Gasteiger partial charge on any atom is 0.320 e. The summed E-state index contributed by atoms with van der Waals surface area (Å²) in [6.45, 7) is 3.70. The smallest absolute Gasteiger partial charge is 0.320 e. The van der Waals surface area contributed by atoms with Crippen LogP contribution in [-0.2, 0) is 11.2 Å². The summed E-state index contributed by atoms with van der Waals surface area (Å²) in [5, 5.41) is 19.4. The number of carboxylic acid groups (broad SMARTS) is 1. The number of carbonyl (C=O) groups is 2. The molecule has 0 bridgehead atoms. The normalized spacial score (nSPS) is 24.5. The van der Waals surface area contributed by atoms with Gasteiger partial charge in [-0.1, -0.05) is 31.2 Å². The summed E-state index contributed by atoms with van der Waals surface area (Å²) in [5.74, 6) is -1.43. The van der Waals surface area contributed by atoms with E-state index in [9.17, 15) is 19.8 Å². The minimum absolute atomic E-state index is 0.104. The van der Waals surface area contributed by atoms with E-state index in [-0.39, 0.29) is 12.1 Å². The maximum atomic E-state index is 13.1. The van der Waals surface area contributed by atoms with Gasteiger partial charge in [-0.05, 0) is 43.2 Å². The van der Waals surface area contributed by atoms with Crippen LogP contribution in [0.4, 0.5) is 4.79 Å². The number of carbonyl (C=O) groups excluding carboxylic acids is 1. The third-order valence-corrected chi connectivity index (χ3v) is 5.66. The van der Waals surface area contributed by atoms with Gasteiger partial charge in [-0.15, -0.1) is 0 Å². The zero-order valence-corrected chi connectivity index (χ0v) is 15.3. The van der Waals surface area contributed by atoms with Gasteiger partial charge in [0.1, 0.15) is 0 Å². The predicted octanol–water partition coefficient (Wildman–Crippen LogP) is 2.66. The van der Waals surface area contributed by atoms with Gasteiger partial charge in [0.2, 0.25) is 0 Å². The Bertz CT molecular complexity index is 638. The van der Waals surface area contributed by atoms with Crippen molar-refractivity contribution in [3.05, 3.63) is 35.4 Å². The fourth-order valence-electron chi connectivity index (χ4n) is 4.07. The molecule has 2 aliphatic heterocycles. The molecule has 2 N–H and O–H groups in total. The standard InChI is InChI=1S/C20H28N2O4/c1-2-14-5-7-15(8-6-14)18-17(19(24)25)4-3-11-22(18)20(26)21-12-9-16(23)10-13-21/h5-8,16-18,23H,2-4,9-13H2,1H3,(H,24,25). The number of carboxylic acids is 1. The van der Waals surface area contributed by atoms with Crippen LogP contribution in [-0.4, -0.2) is 57.8 Å². The number of likely N-dealkylation sites (tertiary alicyclic amines) is 2. The predicted molar refractivity (Wildman–Crippen MR) is 97.8 cm³/mol. The Labute approximate surface area is 154 Å². The first-order chi connectivity index (χ1) is 12.5. The first kappa shape index (κ1) is 18.7. The number of urea groups is 1. The second kappa shape index (κ2) is 8.08. The van der Waals surface area contributed by atoms with E-state index in [1.54, 1.807) is 9.80 Å². The lowest BCUT2D eigenvalue weighted by Gasteiger charge is -2.43. The van der Waals surface area contributed by atoms with Crippen LogP contribution in [0.25, 0.3) is 0 Å². The number of hydrogen-bond acceptors (Lipinski definition) is 3. The van der Waals surface area contributed by atoms with Gasteiger partial charge < -0.3 is 20.0 Å². The summed E-state index contributed by atoms with van der Waals surface area (Å²) in [4.78, 5) is 28.5. The van der Waals surface area contributed by atoms with Crippen molar-refractivity contribution < 1.29 is 19.8 Å². The topological polar surface area (TPSA) is 81.1 Å². The van der Waals surface area contributed by atoms with Gasteiger partial charge in [-0.25, -0.2) is 4.79 Å². The highest BCUT2D eigenvalue weighted by atomic mass is 16.4. The van der Waals surface area contributed by atoms with Crippen molar-refractivity contribution in [3.63, 3.8) is 0 Å². The van der Waals surface area contributed by atoms with Gasteiger partial charge in [0, 0.05) is 19.6 Å². The molecule has 142 valence electrons. The number of aryl methyl sites for hydroxylation is 1. The first-order valence-electron chi connectivity index (χ1n) is 9.56. The van der Waals surface area contributed by atoms with E-state index in [1.165, 1.54) is 5.56 Å². The zero-order chi connectivity index (χ0) is 18.7. The van der Waals surface area contributed by atoms with Gasteiger partial charge in [0.15, 0.2) is 0 Å². The number of nitrogens with zero attached hydrogens (tertiary/aromatic N) is 2. The molecule has 0 radical (unpaired) electrons. The zero-order valence-electron chi connectivity index (χ0n) is 15.3. The molecule has 6 heteroatoms. The number of aliphatic hydroxyl groups is 1. The quantitative estimate of drug-likeness (QED) is 0.868. The van der Waals surface area contributed by atoms with Crippen molar-refractivity contribution >= 4 is 12.0 Å². The average Bonchev–Trinajstić information content (AvgIpc) is 2.67. The van der Waals surface area contributed by atoms with Crippen LogP contribution in [0.3, 0.4) is 0 Å². The molecule has 0 spiro atoms. The molecule has 6 nitrogen and oxygen atoms in total. The van der Waals surface area contributed by atoms with E-state index in [4.69, 9.17) is 0 Å². The van der Waals surface area contributed by atoms with E-state index in [1.807, 2.05) is 24.3 Å². The van der Waals surface area contributed by atoms with E-state index in [0.29, 0.717) is 45.3 Å². The monoisotopic (exact) mass is 360 g/mol. The second-order valence-corrected chi connectivity index (χ2v) is 7.32. The largest absolute Gasteiger partial charge is 0.481 e. The summed E-state index contributed by atoms with van der Waals surface area (Å²) in [6.07, 6.45) is 3.02. The number of piperidine rings is 2. The minimum atomic E-state index is -0.846. The molecule has 0 aliphatic carbocycles. The highest BCUT2D eigenvalue weighted by Gasteiger charge is 2.41. The fourth-order valence-corrected chi connectivity index (χ4v) is 4.07. The van der Waals surface area contributed by atoms with Crippen LogP contribution in [0.2, 0.25) is 0 Å². The minimum Gasteiger partial charge on any atom is -0.481 e. The van der Waals surface area contributed by atoms with Crippen molar-refractivity contribution in [2.24, 2.45) is 5.92 Å². The summed E-state index contributed by atoms with van der Waals surface area (Å²) in [5.41, 5.74) is 2.08. The molecule has 0 aromatic heterocycles. The molecule has 2 unspecified atom stereocenters. The Kier molecular flexibility index (Phi) is 5.81. The fraction of sp³-hybridized carbons (Fsp3) is 0.600. The summed E-state index contributed by atoms with van der Waals surface area (Å²) < 4.78 is 0. The lowest BCUT2D eigenvalue weighted by Crippen LogP contribution is -2.52. The van der Waals surface area contributed by atoms with Gasteiger partial charge in [-0.2, -0.15) is 0 Å². The van der Waals surface area contributed by atoms with E-state index < -0.39 is 17.9 Å². The molecule has 2 amide bonds. The van der Waals surface area contributed by atoms with Crippen LogP contribution in [0, 0.1) is 5.92 Å². The first-order valence-corrected chi connectivity index (χ1v) is 9.56. The van der Waals surface area contributed by atoms with Crippen molar-refractivity contribution in [2.75, 3.05) is 19.6 Å². The van der Waals surface area contributed by atoms with Gasteiger partial charge in [0.25, 0.3) is 0 Å². The average molecular weight is 360 g/mol. The van der Waals surface area contributed by atoms with Crippen molar-refractivity contribution in [1.82, 2.24) is 9.80 Å². The lowest BCUT2D eigenvalue weighted by molar-refractivity contribution is -0.145. The molecule has 2 fully saturated rings. The Morgan fingerprint density at radius 3 is 2.31 bits per heavy atom. The Balaban J connectivity index is 1.87. The number of aliphatic carboxylic acids is 1. The second-order valence-electron chi connectivity index (χ2n) is 7.32. The van der Waals surface area contributed by atoms with Crippen LogP contribution >= 0.6 is 0 Å². The molecule has 2 atom stereocenters. The summed E-state index contributed by atoms with van der Waals surface area (Å²) in [7, 11) is 0. The summed E-state index contributed by atoms with van der Waals surface area (Å²) in [6, 6.07) is 7.42. The SMILES string of the molecule is CCc1ccc(C2C(C(=O)O)CCCN2C(=O)N2CCC(O)CC2)cc1. The number of benzene rings is 1. The number of rotatable bonds is 3. The van der Waals surface area contributed by atoms with Crippen molar-refractivity contribution in [1.29, 1.82) is 0 Å². The molecule has 2 heterocycles. The Morgan fingerprint density at radius 2 is 1.73 bits per heavy atom. The molecular weight excluding hydrogens is 332 g/mol. The highest BCUT2D eigenvalue weighted by Crippen LogP contribution is 2.37. The number of aliphatic hydroxyl groups excluding tert-OH is 1. The van der Waals surface area contributed by atoms with Gasteiger partial charge >= 0.3 is 12.0 Å². The highest BCUT2D eigenvalue weighted by molar-refractivity contribution is 5.78.